The molecule has 1 fully saturated rings. The highest BCUT2D eigenvalue weighted by Crippen LogP contribution is 2.16. The maximum Gasteiger partial charge on any atom is 0.253 e. The van der Waals surface area contributed by atoms with Crippen LogP contribution in [-0.2, 0) is 14.3 Å². The summed E-state index contributed by atoms with van der Waals surface area (Å²) in [6, 6.07) is 0. The quantitative estimate of drug-likeness (QED) is 0.561. The second-order valence-corrected chi connectivity index (χ2v) is 3.35. The lowest BCUT2D eigenvalue weighted by atomic mass is 10.1. The maximum atomic E-state index is 11.1. The third-order valence-corrected chi connectivity index (χ3v) is 2.37. The molecular weight excluding hydrogens is 170 g/mol. The van der Waals surface area contributed by atoms with Gasteiger partial charge in [-0.1, -0.05) is 0 Å². The van der Waals surface area contributed by atoms with E-state index in [0.717, 1.165) is 13.0 Å². The standard InChI is InChI=1S/C9H11NO3/c11-8-1-2-9(12)10(8)5-7-3-4-13-6-7/h1-2,7H,3-6H2. The van der Waals surface area contributed by atoms with E-state index in [1.165, 1.54) is 17.1 Å². The Bertz CT molecular complexity index is 248. The van der Waals surface area contributed by atoms with Crippen molar-refractivity contribution in [2.75, 3.05) is 19.8 Å². The highest BCUT2D eigenvalue weighted by molar-refractivity contribution is 6.12. The van der Waals surface area contributed by atoms with E-state index in [1.54, 1.807) is 0 Å². The molecule has 0 radical (unpaired) electrons. The Morgan fingerprint density at radius 2 is 2.08 bits per heavy atom. The van der Waals surface area contributed by atoms with Crippen LogP contribution in [0.3, 0.4) is 0 Å². The summed E-state index contributed by atoms with van der Waals surface area (Å²) < 4.78 is 5.17. The van der Waals surface area contributed by atoms with Crippen LogP contribution in [0, 0.1) is 5.92 Å². The zero-order valence-electron chi connectivity index (χ0n) is 7.23. The van der Waals surface area contributed by atoms with Gasteiger partial charge in [0.1, 0.15) is 0 Å². The maximum absolute atomic E-state index is 11.1. The second-order valence-electron chi connectivity index (χ2n) is 3.35. The number of imide groups is 1. The number of hydrogen-bond donors (Lipinski definition) is 0. The van der Waals surface area contributed by atoms with E-state index in [9.17, 15) is 9.59 Å². The molecule has 4 nitrogen and oxygen atoms in total. The number of hydrogen-bond acceptors (Lipinski definition) is 3. The van der Waals surface area contributed by atoms with Crippen LogP contribution in [0.4, 0.5) is 0 Å². The fourth-order valence-electron chi connectivity index (χ4n) is 1.60. The molecule has 1 unspecified atom stereocenters. The molecule has 2 aliphatic rings. The van der Waals surface area contributed by atoms with Crippen LogP contribution in [0.25, 0.3) is 0 Å². The van der Waals surface area contributed by atoms with Crippen LogP contribution >= 0.6 is 0 Å². The molecule has 0 aliphatic carbocycles. The first-order chi connectivity index (χ1) is 6.27. The minimum Gasteiger partial charge on any atom is -0.381 e. The van der Waals surface area contributed by atoms with Crippen molar-refractivity contribution in [1.82, 2.24) is 4.90 Å². The van der Waals surface area contributed by atoms with Crippen molar-refractivity contribution in [2.45, 2.75) is 6.42 Å². The lowest BCUT2D eigenvalue weighted by molar-refractivity contribution is -0.137. The van der Waals surface area contributed by atoms with E-state index in [1.807, 2.05) is 0 Å². The zero-order chi connectivity index (χ0) is 9.26. The first-order valence-electron chi connectivity index (χ1n) is 4.38. The summed E-state index contributed by atoms with van der Waals surface area (Å²) in [6.07, 6.45) is 3.58. The molecule has 4 heteroatoms. The number of rotatable bonds is 2. The monoisotopic (exact) mass is 181 g/mol. The van der Waals surface area contributed by atoms with Crippen molar-refractivity contribution < 1.29 is 14.3 Å². The minimum atomic E-state index is -0.197. The molecule has 0 bridgehead atoms. The van der Waals surface area contributed by atoms with Gasteiger partial charge in [0.05, 0.1) is 6.61 Å². The van der Waals surface area contributed by atoms with E-state index < -0.39 is 0 Å². The molecule has 70 valence electrons. The van der Waals surface area contributed by atoms with Crippen LogP contribution < -0.4 is 0 Å². The van der Waals surface area contributed by atoms with Gasteiger partial charge in [-0.05, 0) is 6.42 Å². The largest absolute Gasteiger partial charge is 0.381 e. The molecule has 1 atom stereocenters. The van der Waals surface area contributed by atoms with E-state index in [-0.39, 0.29) is 11.8 Å². The molecule has 0 aromatic rings. The van der Waals surface area contributed by atoms with Crippen molar-refractivity contribution in [2.24, 2.45) is 5.92 Å². The first-order valence-corrected chi connectivity index (χ1v) is 4.38. The number of carbonyl (C=O) groups is 2. The van der Waals surface area contributed by atoms with Gasteiger partial charge in [-0.15, -0.1) is 0 Å². The number of ether oxygens (including phenoxy) is 1. The van der Waals surface area contributed by atoms with Gasteiger partial charge in [0, 0.05) is 31.2 Å². The average molecular weight is 181 g/mol. The Balaban J connectivity index is 1.94. The summed E-state index contributed by atoms with van der Waals surface area (Å²) in [6.45, 7) is 1.91. The van der Waals surface area contributed by atoms with Gasteiger partial charge in [0.15, 0.2) is 0 Å². The first kappa shape index (κ1) is 8.44. The van der Waals surface area contributed by atoms with Gasteiger partial charge in [0.25, 0.3) is 11.8 Å². The zero-order valence-corrected chi connectivity index (χ0v) is 7.23. The molecule has 2 aliphatic heterocycles. The lowest BCUT2D eigenvalue weighted by Crippen LogP contribution is -2.34. The third-order valence-electron chi connectivity index (χ3n) is 2.37. The molecule has 1 saturated heterocycles. The Morgan fingerprint density at radius 3 is 2.62 bits per heavy atom. The molecule has 0 saturated carbocycles. The average Bonchev–Trinajstić information content (AvgIpc) is 2.70. The SMILES string of the molecule is O=C1C=CC(=O)N1CC1CCOC1. The van der Waals surface area contributed by atoms with Crippen LogP contribution in [0.2, 0.25) is 0 Å². The van der Waals surface area contributed by atoms with Crippen LogP contribution in [-0.4, -0.2) is 36.5 Å². The highest BCUT2D eigenvalue weighted by atomic mass is 16.5. The fourth-order valence-corrected chi connectivity index (χ4v) is 1.60. The van der Waals surface area contributed by atoms with Gasteiger partial charge >= 0.3 is 0 Å². The second kappa shape index (κ2) is 3.30. The number of amides is 2. The van der Waals surface area contributed by atoms with Crippen LogP contribution in [0.1, 0.15) is 6.42 Å². The molecule has 0 N–H and O–H groups in total. The molecule has 0 aromatic carbocycles. The molecule has 0 spiro atoms. The Labute approximate surface area is 76.2 Å². The third kappa shape index (κ3) is 1.62. The molecule has 2 rings (SSSR count). The molecular formula is C9H11NO3. The van der Waals surface area contributed by atoms with Crippen molar-refractivity contribution in [3.05, 3.63) is 12.2 Å². The number of nitrogens with zero attached hydrogens (tertiary/aromatic N) is 1. The van der Waals surface area contributed by atoms with Gasteiger partial charge < -0.3 is 4.74 Å². The van der Waals surface area contributed by atoms with Crippen molar-refractivity contribution >= 4 is 11.8 Å². The van der Waals surface area contributed by atoms with E-state index in [2.05, 4.69) is 0 Å². The van der Waals surface area contributed by atoms with E-state index in [0.29, 0.717) is 19.1 Å². The molecule has 2 heterocycles. The Kier molecular flexibility index (Phi) is 2.14. The summed E-state index contributed by atoms with van der Waals surface area (Å²) in [5, 5.41) is 0. The van der Waals surface area contributed by atoms with Crippen molar-refractivity contribution in [3.63, 3.8) is 0 Å². The van der Waals surface area contributed by atoms with E-state index >= 15 is 0 Å². The summed E-state index contributed by atoms with van der Waals surface area (Å²) in [7, 11) is 0. The topological polar surface area (TPSA) is 46.6 Å². The van der Waals surface area contributed by atoms with Gasteiger partial charge in [0.2, 0.25) is 0 Å². The summed E-state index contributed by atoms with van der Waals surface area (Å²) in [5.74, 6) is -0.0680. The number of carbonyl (C=O) groups excluding carboxylic acids is 2. The molecule has 2 amide bonds. The summed E-state index contributed by atoms with van der Waals surface area (Å²) >= 11 is 0. The minimum absolute atomic E-state index is 0.197. The van der Waals surface area contributed by atoms with Crippen LogP contribution in [0.15, 0.2) is 12.2 Å². The Morgan fingerprint density at radius 1 is 1.38 bits per heavy atom. The lowest BCUT2D eigenvalue weighted by Gasteiger charge is -2.16. The van der Waals surface area contributed by atoms with Gasteiger partial charge in [-0.3, -0.25) is 14.5 Å². The smallest absolute Gasteiger partial charge is 0.253 e. The van der Waals surface area contributed by atoms with Crippen molar-refractivity contribution in [3.8, 4) is 0 Å². The summed E-state index contributed by atoms with van der Waals surface area (Å²) in [5.41, 5.74) is 0. The summed E-state index contributed by atoms with van der Waals surface area (Å²) in [4.78, 5) is 23.6. The van der Waals surface area contributed by atoms with E-state index in [4.69, 9.17) is 4.74 Å². The molecule has 13 heavy (non-hydrogen) atoms. The fraction of sp³-hybridized carbons (Fsp3) is 0.556. The van der Waals surface area contributed by atoms with Gasteiger partial charge in [-0.2, -0.15) is 0 Å². The van der Waals surface area contributed by atoms with Crippen LogP contribution in [0.5, 0.6) is 0 Å². The van der Waals surface area contributed by atoms with Gasteiger partial charge in [-0.25, -0.2) is 0 Å². The van der Waals surface area contributed by atoms with Crippen molar-refractivity contribution in [1.29, 1.82) is 0 Å². The highest BCUT2D eigenvalue weighted by Gasteiger charge is 2.27. The normalized spacial score (nSPS) is 27.7. The molecule has 0 aromatic heterocycles. The Hall–Kier alpha value is -1.16. The predicted octanol–water partition coefficient (Wildman–Crippen LogP) is -0.0521. The predicted molar refractivity (Wildman–Crippen MR) is 44.8 cm³/mol.